The smallest absolute Gasteiger partial charge is 0.329 e. The molecule has 0 bridgehead atoms. The quantitative estimate of drug-likeness (QED) is 0.493. The molecule has 0 fully saturated rings. The van der Waals surface area contributed by atoms with Crippen molar-refractivity contribution in [2.75, 3.05) is 12.1 Å². The number of benzene rings is 1. The molecule has 0 radical (unpaired) electrons. The van der Waals surface area contributed by atoms with Crippen LogP contribution in [0.5, 0.6) is 11.5 Å². The topological polar surface area (TPSA) is 157 Å². The van der Waals surface area contributed by atoms with Crippen LogP contribution in [0.25, 0.3) is 0 Å². The Kier molecular flexibility index (Phi) is 4.58. The van der Waals surface area contributed by atoms with Gasteiger partial charge in [0.25, 0.3) is 17.0 Å². The van der Waals surface area contributed by atoms with E-state index in [1.165, 1.54) is 7.05 Å². The average molecular weight is 413 g/mol. The number of aromatic nitrogens is 4. The Morgan fingerprint density at radius 2 is 1.87 bits per heavy atom. The fourth-order valence-electron chi connectivity index (χ4n) is 2.90. The van der Waals surface area contributed by atoms with Gasteiger partial charge in [0.1, 0.15) is 11.4 Å². The Hall–Kier alpha value is -4.35. The number of rotatable bonds is 4. The highest BCUT2D eigenvalue weighted by Crippen LogP contribution is 2.32. The molecule has 0 saturated carbocycles. The first-order chi connectivity index (χ1) is 14.3. The van der Waals surface area contributed by atoms with Crippen molar-refractivity contribution in [1.29, 1.82) is 0 Å². The van der Waals surface area contributed by atoms with Gasteiger partial charge in [0.2, 0.25) is 6.79 Å². The van der Waals surface area contributed by atoms with Gasteiger partial charge in [0.05, 0.1) is 6.54 Å². The molecule has 12 heteroatoms. The van der Waals surface area contributed by atoms with Gasteiger partial charge in [-0.3, -0.25) is 28.5 Å². The largest absolute Gasteiger partial charge is 0.454 e. The van der Waals surface area contributed by atoms with Gasteiger partial charge in [0, 0.05) is 19.3 Å². The summed E-state index contributed by atoms with van der Waals surface area (Å²) in [5.41, 5.74) is -2.79. The molecule has 0 atom stereocenters. The molecular weight excluding hydrogens is 398 g/mol. The third-order valence-corrected chi connectivity index (χ3v) is 4.49. The van der Waals surface area contributed by atoms with E-state index in [0.717, 1.165) is 21.4 Å². The van der Waals surface area contributed by atoms with Crippen LogP contribution in [-0.2, 0) is 13.6 Å². The number of nitrogens with zero attached hydrogens (tertiary/aromatic N) is 2. The van der Waals surface area contributed by atoms with Crippen LogP contribution in [0.1, 0.15) is 15.9 Å². The van der Waals surface area contributed by atoms with Gasteiger partial charge in [-0.05, 0) is 17.7 Å². The Labute approximate surface area is 166 Å². The molecule has 2 aromatic heterocycles. The molecule has 3 N–H and O–H groups in total. The number of anilines is 1. The normalized spacial score (nSPS) is 12.0. The lowest BCUT2D eigenvalue weighted by Gasteiger charge is -2.10. The molecule has 0 unspecified atom stereocenters. The summed E-state index contributed by atoms with van der Waals surface area (Å²) in [5, 5.41) is 2.33. The summed E-state index contributed by atoms with van der Waals surface area (Å²) in [4.78, 5) is 65.0. The highest BCUT2D eigenvalue weighted by atomic mass is 16.7. The predicted octanol–water partition coefficient (Wildman–Crippen LogP) is -1.05. The summed E-state index contributed by atoms with van der Waals surface area (Å²) in [5.74, 6) is 0.0376. The number of fused-ring (bicyclic) bond motifs is 1. The van der Waals surface area contributed by atoms with E-state index >= 15 is 0 Å². The van der Waals surface area contributed by atoms with Crippen LogP contribution in [0.2, 0.25) is 0 Å². The summed E-state index contributed by atoms with van der Waals surface area (Å²) < 4.78 is 12.4. The molecule has 30 heavy (non-hydrogen) atoms. The Morgan fingerprint density at radius 1 is 1.10 bits per heavy atom. The average Bonchev–Trinajstić information content (AvgIpc) is 3.16. The van der Waals surface area contributed by atoms with Gasteiger partial charge >= 0.3 is 11.4 Å². The number of hydrogen-bond acceptors (Lipinski definition) is 7. The van der Waals surface area contributed by atoms with E-state index in [-0.39, 0.29) is 24.7 Å². The van der Waals surface area contributed by atoms with Crippen LogP contribution >= 0.6 is 0 Å². The third kappa shape index (κ3) is 3.41. The van der Waals surface area contributed by atoms with Crippen molar-refractivity contribution in [1.82, 2.24) is 19.1 Å². The number of amides is 1. The van der Waals surface area contributed by atoms with E-state index in [9.17, 15) is 24.0 Å². The summed E-state index contributed by atoms with van der Waals surface area (Å²) in [6, 6.07) is 5.95. The van der Waals surface area contributed by atoms with Crippen LogP contribution < -0.4 is 37.3 Å². The SMILES string of the molecule is Cn1c(NC(=O)c2c[nH]c(=O)n(Cc3ccc4c(c3)OCO4)c2=O)cc(=O)[nH]c1=O. The van der Waals surface area contributed by atoms with Gasteiger partial charge in [-0.2, -0.15) is 0 Å². The first-order valence-corrected chi connectivity index (χ1v) is 8.66. The van der Waals surface area contributed by atoms with Crippen molar-refractivity contribution >= 4 is 11.7 Å². The summed E-state index contributed by atoms with van der Waals surface area (Å²) in [6.07, 6.45) is 0.974. The van der Waals surface area contributed by atoms with Crippen molar-refractivity contribution in [2.24, 2.45) is 7.05 Å². The van der Waals surface area contributed by atoms with Crippen molar-refractivity contribution < 1.29 is 14.3 Å². The monoisotopic (exact) mass is 413 g/mol. The highest BCUT2D eigenvalue weighted by molar-refractivity contribution is 6.03. The zero-order chi connectivity index (χ0) is 21.4. The van der Waals surface area contributed by atoms with Crippen molar-refractivity contribution in [2.45, 2.75) is 6.54 Å². The van der Waals surface area contributed by atoms with Gasteiger partial charge in [-0.1, -0.05) is 6.07 Å². The van der Waals surface area contributed by atoms with Gasteiger partial charge in [-0.25, -0.2) is 9.59 Å². The molecule has 12 nitrogen and oxygen atoms in total. The van der Waals surface area contributed by atoms with E-state index in [0.29, 0.717) is 17.1 Å². The zero-order valence-electron chi connectivity index (χ0n) is 15.6. The van der Waals surface area contributed by atoms with E-state index in [1.807, 2.05) is 4.98 Å². The predicted molar refractivity (Wildman–Crippen MR) is 103 cm³/mol. The number of nitrogens with one attached hydrogen (secondary N) is 3. The maximum Gasteiger partial charge on any atom is 0.329 e. The van der Waals surface area contributed by atoms with Crippen LogP contribution in [0.3, 0.4) is 0 Å². The second kappa shape index (κ2) is 7.24. The van der Waals surface area contributed by atoms with Crippen LogP contribution in [0.15, 0.2) is 49.6 Å². The molecule has 0 aliphatic carbocycles. The fraction of sp³-hybridized carbons (Fsp3) is 0.167. The summed E-state index contributed by atoms with van der Waals surface area (Å²) in [7, 11) is 1.33. The number of carbonyl (C=O) groups is 1. The Balaban J connectivity index is 1.67. The fourth-order valence-corrected chi connectivity index (χ4v) is 2.90. The Morgan fingerprint density at radius 3 is 2.67 bits per heavy atom. The molecule has 0 spiro atoms. The molecule has 0 saturated heterocycles. The second-order valence-corrected chi connectivity index (χ2v) is 6.42. The van der Waals surface area contributed by atoms with Crippen LogP contribution in [0, 0.1) is 0 Å². The molecule has 1 aliphatic rings. The number of carbonyl (C=O) groups excluding carboxylic acids is 1. The number of H-pyrrole nitrogens is 2. The van der Waals surface area contributed by atoms with E-state index in [4.69, 9.17) is 9.47 Å². The van der Waals surface area contributed by atoms with Crippen molar-refractivity contribution in [3.8, 4) is 11.5 Å². The van der Waals surface area contributed by atoms with Crippen molar-refractivity contribution in [3.63, 3.8) is 0 Å². The summed E-state index contributed by atoms with van der Waals surface area (Å²) in [6.45, 7) is -0.0325. The van der Waals surface area contributed by atoms with Gasteiger partial charge in [-0.15, -0.1) is 0 Å². The number of aromatic amines is 2. The van der Waals surface area contributed by atoms with E-state index in [2.05, 4.69) is 10.3 Å². The van der Waals surface area contributed by atoms with Crippen LogP contribution in [-0.4, -0.2) is 31.8 Å². The molecule has 1 aromatic carbocycles. The Bertz CT molecular complexity index is 1400. The third-order valence-electron chi connectivity index (χ3n) is 4.49. The minimum atomic E-state index is -0.892. The first kappa shape index (κ1) is 19.0. The minimum Gasteiger partial charge on any atom is -0.454 e. The van der Waals surface area contributed by atoms with E-state index < -0.39 is 28.4 Å². The zero-order valence-corrected chi connectivity index (χ0v) is 15.6. The molecule has 3 aromatic rings. The van der Waals surface area contributed by atoms with E-state index in [1.54, 1.807) is 18.2 Å². The molecular formula is C18H15N5O7. The maximum absolute atomic E-state index is 12.8. The maximum atomic E-state index is 12.8. The number of ether oxygens (including phenoxy) is 2. The lowest BCUT2D eigenvalue weighted by atomic mass is 10.2. The number of hydrogen-bond donors (Lipinski definition) is 3. The van der Waals surface area contributed by atoms with Crippen LogP contribution in [0.4, 0.5) is 5.82 Å². The molecule has 1 aliphatic heterocycles. The molecule has 3 heterocycles. The van der Waals surface area contributed by atoms with Crippen molar-refractivity contribution in [3.05, 3.63) is 83.3 Å². The molecule has 4 rings (SSSR count). The van der Waals surface area contributed by atoms with Gasteiger partial charge < -0.3 is 19.8 Å². The lowest BCUT2D eigenvalue weighted by molar-refractivity contribution is 0.102. The molecule has 1 amide bonds. The van der Waals surface area contributed by atoms with Gasteiger partial charge in [0.15, 0.2) is 11.5 Å². The highest BCUT2D eigenvalue weighted by Gasteiger charge is 2.18. The minimum absolute atomic E-state index is 0.0831. The standard InChI is InChI=1S/C18H15N5O7/c1-22-13(5-14(24)21-18(22)28)20-15(25)10-6-19-17(27)23(16(10)26)7-9-2-3-11-12(4-9)30-8-29-11/h2-6H,7-8H2,1H3,(H,19,27)(H,20,25)(H,21,24,28). The summed E-state index contributed by atoms with van der Waals surface area (Å²) >= 11 is 0. The lowest BCUT2D eigenvalue weighted by Crippen LogP contribution is -2.40. The molecule has 154 valence electrons. The second-order valence-electron chi connectivity index (χ2n) is 6.42. The first-order valence-electron chi connectivity index (χ1n) is 8.66.